The van der Waals surface area contributed by atoms with Gasteiger partial charge in [-0.3, -0.25) is 9.59 Å². The average molecular weight is 439 g/mol. The van der Waals surface area contributed by atoms with Gasteiger partial charge in [-0.25, -0.2) is 4.79 Å². The minimum Gasteiger partial charge on any atom is -0.462 e. The molecule has 8 heteroatoms. The molecule has 2 aromatic carbocycles. The van der Waals surface area contributed by atoms with Crippen molar-refractivity contribution in [2.75, 3.05) is 17.2 Å². The van der Waals surface area contributed by atoms with Crippen LogP contribution >= 0.6 is 11.8 Å². The van der Waals surface area contributed by atoms with Gasteiger partial charge in [-0.1, -0.05) is 6.07 Å². The summed E-state index contributed by atoms with van der Waals surface area (Å²) in [5, 5.41) is 5.21. The summed E-state index contributed by atoms with van der Waals surface area (Å²) in [5.74, 6) is -0.703. The Hall–Kier alpha value is -3.52. The lowest BCUT2D eigenvalue weighted by Crippen LogP contribution is -2.22. The van der Waals surface area contributed by atoms with Gasteiger partial charge in [0.05, 0.1) is 23.7 Å². The zero-order valence-corrected chi connectivity index (χ0v) is 17.9. The van der Waals surface area contributed by atoms with Crippen LogP contribution in [0.15, 0.2) is 76.2 Å². The third kappa shape index (κ3) is 6.23. The largest absolute Gasteiger partial charge is 0.462 e. The van der Waals surface area contributed by atoms with Gasteiger partial charge in [-0.2, -0.15) is 0 Å². The lowest BCUT2D eigenvalue weighted by Gasteiger charge is -2.13. The Morgan fingerprint density at radius 2 is 1.77 bits per heavy atom. The van der Waals surface area contributed by atoms with Gasteiger partial charge in [0, 0.05) is 16.3 Å². The van der Waals surface area contributed by atoms with Crippen molar-refractivity contribution in [2.45, 2.75) is 24.0 Å². The van der Waals surface area contributed by atoms with Gasteiger partial charge in [-0.15, -0.1) is 11.8 Å². The van der Waals surface area contributed by atoms with Crippen LogP contribution in [0.25, 0.3) is 0 Å². The molecule has 1 unspecified atom stereocenters. The molecule has 7 nitrogen and oxygen atoms in total. The van der Waals surface area contributed by atoms with Crippen molar-refractivity contribution >= 4 is 40.9 Å². The number of thioether (sulfide) groups is 1. The van der Waals surface area contributed by atoms with Crippen LogP contribution in [0.4, 0.5) is 11.4 Å². The van der Waals surface area contributed by atoms with Crippen LogP contribution in [0.2, 0.25) is 0 Å². The highest BCUT2D eigenvalue weighted by atomic mass is 32.2. The number of carbonyl (C=O) groups is 3. The number of rotatable bonds is 8. The first-order valence-electron chi connectivity index (χ1n) is 9.66. The van der Waals surface area contributed by atoms with E-state index in [1.165, 1.54) is 18.0 Å². The molecule has 0 saturated heterocycles. The molecule has 1 atom stereocenters. The van der Waals surface area contributed by atoms with Crippen LogP contribution in [0, 0.1) is 0 Å². The molecule has 0 radical (unpaired) electrons. The fraction of sp³-hybridized carbons (Fsp3) is 0.174. The normalized spacial score (nSPS) is 11.4. The molecule has 0 aliphatic heterocycles. The van der Waals surface area contributed by atoms with E-state index in [9.17, 15) is 14.4 Å². The number of benzene rings is 2. The number of ether oxygens (including phenoxy) is 1. The predicted molar refractivity (Wildman–Crippen MR) is 119 cm³/mol. The molecule has 31 heavy (non-hydrogen) atoms. The molecule has 160 valence electrons. The third-order valence-corrected chi connectivity index (χ3v) is 5.28. The maximum absolute atomic E-state index is 12.6. The summed E-state index contributed by atoms with van der Waals surface area (Å²) in [6.07, 6.45) is 1.44. The summed E-state index contributed by atoms with van der Waals surface area (Å²) < 4.78 is 10.0. The fourth-order valence-electron chi connectivity index (χ4n) is 2.65. The van der Waals surface area contributed by atoms with Crippen molar-refractivity contribution < 1.29 is 23.5 Å². The summed E-state index contributed by atoms with van der Waals surface area (Å²) >= 11 is 1.36. The van der Waals surface area contributed by atoms with Gasteiger partial charge in [0.25, 0.3) is 5.91 Å². The smallest absolute Gasteiger partial charge is 0.338 e. The molecular formula is C23H22N2O5S. The van der Waals surface area contributed by atoms with E-state index < -0.39 is 5.97 Å². The molecule has 0 aliphatic rings. The second-order valence-corrected chi connectivity index (χ2v) is 7.92. The maximum atomic E-state index is 12.6. The Morgan fingerprint density at radius 3 is 2.45 bits per heavy atom. The maximum Gasteiger partial charge on any atom is 0.338 e. The van der Waals surface area contributed by atoms with Crippen molar-refractivity contribution in [2.24, 2.45) is 0 Å². The van der Waals surface area contributed by atoms with E-state index in [1.807, 2.05) is 6.07 Å². The Bertz CT molecular complexity index is 1050. The number of hydrogen-bond acceptors (Lipinski definition) is 6. The Balaban J connectivity index is 1.57. The quantitative estimate of drug-likeness (QED) is 0.386. The van der Waals surface area contributed by atoms with Crippen molar-refractivity contribution in [3.05, 3.63) is 78.3 Å². The molecule has 1 aromatic heterocycles. The van der Waals surface area contributed by atoms with E-state index in [1.54, 1.807) is 68.4 Å². The van der Waals surface area contributed by atoms with E-state index in [0.29, 0.717) is 23.5 Å². The number of furan rings is 1. The minimum atomic E-state index is -0.400. The molecule has 0 spiro atoms. The van der Waals surface area contributed by atoms with Gasteiger partial charge >= 0.3 is 5.97 Å². The Kier molecular flexibility index (Phi) is 7.50. The molecule has 0 aliphatic carbocycles. The van der Waals surface area contributed by atoms with Crippen LogP contribution in [-0.2, 0) is 9.53 Å². The zero-order chi connectivity index (χ0) is 22.2. The van der Waals surface area contributed by atoms with Gasteiger partial charge in [0.2, 0.25) is 5.91 Å². The van der Waals surface area contributed by atoms with Crippen LogP contribution in [0.5, 0.6) is 0 Å². The highest BCUT2D eigenvalue weighted by Crippen LogP contribution is 2.27. The minimum absolute atomic E-state index is 0.182. The number of anilines is 2. The number of hydrogen-bond donors (Lipinski definition) is 2. The molecule has 1 heterocycles. The average Bonchev–Trinajstić information content (AvgIpc) is 3.30. The molecule has 3 rings (SSSR count). The van der Waals surface area contributed by atoms with Crippen LogP contribution in [0.3, 0.4) is 0 Å². The van der Waals surface area contributed by atoms with E-state index in [2.05, 4.69) is 10.6 Å². The van der Waals surface area contributed by atoms with Gasteiger partial charge in [-0.05, 0) is 68.4 Å². The number of amides is 2. The topological polar surface area (TPSA) is 97.6 Å². The summed E-state index contributed by atoms with van der Waals surface area (Å²) in [4.78, 5) is 37.2. The predicted octanol–water partition coefficient (Wildman–Crippen LogP) is 4.83. The monoisotopic (exact) mass is 438 g/mol. The number of nitrogens with one attached hydrogen (secondary N) is 2. The first-order valence-corrected chi connectivity index (χ1v) is 10.5. The van der Waals surface area contributed by atoms with Crippen molar-refractivity contribution in [1.29, 1.82) is 0 Å². The third-order valence-electron chi connectivity index (χ3n) is 4.18. The second-order valence-electron chi connectivity index (χ2n) is 6.51. The lowest BCUT2D eigenvalue weighted by molar-refractivity contribution is -0.115. The highest BCUT2D eigenvalue weighted by molar-refractivity contribution is 8.00. The molecule has 3 aromatic rings. The van der Waals surface area contributed by atoms with Crippen molar-refractivity contribution in [3.8, 4) is 0 Å². The van der Waals surface area contributed by atoms with E-state index >= 15 is 0 Å². The second kappa shape index (κ2) is 10.5. The van der Waals surface area contributed by atoms with Crippen molar-refractivity contribution in [3.63, 3.8) is 0 Å². The van der Waals surface area contributed by atoms with Crippen LogP contribution < -0.4 is 10.6 Å². The van der Waals surface area contributed by atoms with Gasteiger partial charge in [0.15, 0.2) is 5.76 Å². The number of esters is 1. The van der Waals surface area contributed by atoms with Crippen LogP contribution in [-0.4, -0.2) is 29.6 Å². The van der Waals surface area contributed by atoms with Gasteiger partial charge in [0.1, 0.15) is 0 Å². The highest BCUT2D eigenvalue weighted by Gasteiger charge is 2.16. The Labute approximate surface area is 184 Å². The molecular weight excluding hydrogens is 416 g/mol. The summed E-state index contributed by atoms with van der Waals surface area (Å²) in [6, 6.07) is 17.0. The number of carbonyl (C=O) groups excluding carboxylic acids is 3. The summed E-state index contributed by atoms with van der Waals surface area (Å²) in [6.45, 7) is 3.84. The van der Waals surface area contributed by atoms with E-state index in [-0.39, 0.29) is 22.8 Å². The lowest BCUT2D eigenvalue weighted by atomic mass is 10.2. The van der Waals surface area contributed by atoms with Crippen molar-refractivity contribution in [1.82, 2.24) is 0 Å². The van der Waals surface area contributed by atoms with Gasteiger partial charge < -0.3 is 19.8 Å². The molecule has 2 amide bonds. The molecule has 0 bridgehead atoms. The molecule has 0 saturated carbocycles. The Morgan fingerprint density at radius 1 is 1.00 bits per heavy atom. The molecule has 0 fully saturated rings. The van der Waals surface area contributed by atoms with Crippen LogP contribution in [0.1, 0.15) is 34.8 Å². The molecule has 2 N–H and O–H groups in total. The first-order chi connectivity index (χ1) is 15.0. The SMILES string of the molecule is CCOC(=O)c1ccc(NC(=O)C(C)Sc2cccc(NC(=O)c3ccco3)c2)cc1. The van der Waals surface area contributed by atoms with E-state index in [0.717, 1.165) is 4.90 Å². The summed E-state index contributed by atoms with van der Waals surface area (Å²) in [5.41, 5.74) is 1.62. The first kappa shape index (κ1) is 22.2. The van der Waals surface area contributed by atoms with E-state index in [4.69, 9.17) is 9.15 Å². The zero-order valence-electron chi connectivity index (χ0n) is 17.1. The fourth-order valence-corrected chi connectivity index (χ4v) is 3.58. The summed E-state index contributed by atoms with van der Waals surface area (Å²) in [7, 11) is 0. The standard InChI is InChI=1S/C23H22N2O5S/c1-3-29-23(28)16-9-11-17(12-10-16)24-21(26)15(2)31-19-7-4-6-18(14-19)25-22(27)20-8-5-13-30-20/h4-15H,3H2,1-2H3,(H,24,26)(H,25,27).